The van der Waals surface area contributed by atoms with Gasteiger partial charge in [-0.15, -0.1) is 0 Å². The molecule has 1 aliphatic heterocycles. The van der Waals surface area contributed by atoms with Crippen LogP contribution in [0.15, 0.2) is 48.2 Å². The van der Waals surface area contributed by atoms with Crippen LogP contribution in [0.25, 0.3) is 6.08 Å². The van der Waals surface area contributed by atoms with E-state index in [1.165, 1.54) is 0 Å². The summed E-state index contributed by atoms with van der Waals surface area (Å²) in [4.78, 5) is 16.3. The number of aryl methyl sites for hydroxylation is 1. The molecule has 2 aromatic rings. The zero-order valence-corrected chi connectivity index (χ0v) is 11.1. The first-order valence-electron chi connectivity index (χ1n) is 6.39. The lowest BCUT2D eigenvalue weighted by atomic mass is 10.1. The van der Waals surface area contributed by atoms with Gasteiger partial charge in [-0.3, -0.25) is 4.79 Å². The van der Waals surface area contributed by atoms with Crippen LogP contribution in [0.4, 0.5) is 5.82 Å². The number of anilines is 1. The summed E-state index contributed by atoms with van der Waals surface area (Å²) in [5.74, 6) is 1.16. The quantitative estimate of drug-likeness (QED) is 0.909. The Morgan fingerprint density at radius 1 is 1.25 bits per heavy atom. The first kappa shape index (κ1) is 12.4. The molecule has 0 bridgehead atoms. The molecule has 3 rings (SSSR count). The van der Waals surface area contributed by atoms with Gasteiger partial charge in [0.25, 0.3) is 5.91 Å². The molecule has 20 heavy (non-hydrogen) atoms. The van der Waals surface area contributed by atoms with Crippen LogP contribution in [0.5, 0.6) is 5.75 Å². The van der Waals surface area contributed by atoms with Crippen molar-refractivity contribution in [1.29, 1.82) is 0 Å². The van der Waals surface area contributed by atoms with Crippen LogP contribution in [0.1, 0.15) is 11.1 Å². The fourth-order valence-corrected chi connectivity index (χ4v) is 1.99. The maximum Gasteiger partial charge on any atom is 0.256 e. The van der Waals surface area contributed by atoms with Crippen molar-refractivity contribution in [1.82, 2.24) is 4.98 Å². The minimum atomic E-state index is -0.184. The van der Waals surface area contributed by atoms with Gasteiger partial charge in [0, 0.05) is 11.8 Å². The zero-order valence-electron chi connectivity index (χ0n) is 11.1. The summed E-state index contributed by atoms with van der Waals surface area (Å²) in [6.45, 7) is 2.22. The molecule has 100 valence electrons. The van der Waals surface area contributed by atoms with Gasteiger partial charge in [0.1, 0.15) is 18.2 Å². The first-order valence-corrected chi connectivity index (χ1v) is 6.39. The molecule has 1 amide bonds. The third-order valence-electron chi connectivity index (χ3n) is 3.08. The van der Waals surface area contributed by atoms with Gasteiger partial charge in [0.15, 0.2) is 0 Å². The van der Waals surface area contributed by atoms with E-state index in [1.54, 1.807) is 12.3 Å². The van der Waals surface area contributed by atoms with E-state index in [4.69, 9.17) is 4.74 Å². The van der Waals surface area contributed by atoms with E-state index in [2.05, 4.69) is 10.3 Å². The SMILES string of the molecule is Cc1ccc(NC(=O)C2=Cc3ccccc3OC2)nc1. The Morgan fingerprint density at radius 3 is 2.90 bits per heavy atom. The largest absolute Gasteiger partial charge is 0.488 e. The van der Waals surface area contributed by atoms with Crippen LogP contribution in [-0.4, -0.2) is 17.5 Å². The number of benzene rings is 1. The van der Waals surface area contributed by atoms with E-state index in [0.29, 0.717) is 11.4 Å². The lowest BCUT2D eigenvalue weighted by Gasteiger charge is -2.17. The molecule has 1 aliphatic rings. The van der Waals surface area contributed by atoms with Crippen LogP contribution in [0, 0.1) is 6.92 Å². The number of hydrogen-bond donors (Lipinski definition) is 1. The van der Waals surface area contributed by atoms with E-state index >= 15 is 0 Å². The van der Waals surface area contributed by atoms with Gasteiger partial charge in [0.2, 0.25) is 0 Å². The minimum Gasteiger partial charge on any atom is -0.488 e. The predicted octanol–water partition coefficient (Wildman–Crippen LogP) is 2.80. The van der Waals surface area contributed by atoms with Gasteiger partial charge in [-0.1, -0.05) is 24.3 Å². The molecular formula is C16H14N2O2. The highest BCUT2D eigenvalue weighted by atomic mass is 16.5. The highest BCUT2D eigenvalue weighted by Crippen LogP contribution is 2.26. The van der Waals surface area contributed by atoms with Gasteiger partial charge in [-0.2, -0.15) is 0 Å². The average molecular weight is 266 g/mol. The number of aromatic nitrogens is 1. The van der Waals surface area contributed by atoms with E-state index in [9.17, 15) is 4.79 Å². The van der Waals surface area contributed by atoms with Crippen LogP contribution >= 0.6 is 0 Å². The Labute approximate surface area is 117 Å². The van der Waals surface area contributed by atoms with Gasteiger partial charge in [-0.25, -0.2) is 4.98 Å². The Balaban J connectivity index is 1.78. The number of nitrogens with one attached hydrogen (secondary N) is 1. The molecule has 4 nitrogen and oxygen atoms in total. The number of carbonyl (C=O) groups is 1. The second kappa shape index (κ2) is 5.17. The fourth-order valence-electron chi connectivity index (χ4n) is 1.99. The lowest BCUT2D eigenvalue weighted by Crippen LogP contribution is -2.21. The second-order valence-electron chi connectivity index (χ2n) is 4.67. The van der Waals surface area contributed by atoms with Crippen molar-refractivity contribution >= 4 is 17.8 Å². The van der Waals surface area contributed by atoms with Crippen molar-refractivity contribution in [3.05, 3.63) is 59.3 Å². The highest BCUT2D eigenvalue weighted by molar-refractivity contribution is 6.07. The van der Waals surface area contributed by atoms with Gasteiger partial charge in [-0.05, 0) is 30.7 Å². The summed E-state index contributed by atoms with van der Waals surface area (Å²) in [5.41, 5.74) is 2.56. The smallest absolute Gasteiger partial charge is 0.256 e. The Kier molecular flexibility index (Phi) is 3.21. The standard InChI is InChI=1S/C16H14N2O2/c1-11-6-7-15(17-9-11)18-16(19)13-8-12-4-2-3-5-14(12)20-10-13/h2-9H,10H2,1H3,(H,17,18,19). The highest BCUT2D eigenvalue weighted by Gasteiger charge is 2.17. The van der Waals surface area contributed by atoms with Crippen molar-refractivity contribution < 1.29 is 9.53 Å². The molecule has 0 saturated heterocycles. The number of ether oxygens (including phenoxy) is 1. The van der Waals surface area contributed by atoms with Crippen molar-refractivity contribution in [2.45, 2.75) is 6.92 Å². The van der Waals surface area contributed by atoms with Crippen molar-refractivity contribution in [2.75, 3.05) is 11.9 Å². The van der Waals surface area contributed by atoms with Gasteiger partial charge >= 0.3 is 0 Å². The number of hydrogen-bond acceptors (Lipinski definition) is 3. The number of amides is 1. The summed E-state index contributed by atoms with van der Waals surface area (Å²) in [6, 6.07) is 11.3. The summed E-state index contributed by atoms with van der Waals surface area (Å²) in [5, 5.41) is 2.77. The van der Waals surface area contributed by atoms with E-state index in [1.807, 2.05) is 43.3 Å². The topological polar surface area (TPSA) is 51.2 Å². The summed E-state index contributed by atoms with van der Waals surface area (Å²) in [6.07, 6.45) is 3.57. The molecule has 0 unspecified atom stereocenters. The molecule has 2 heterocycles. The molecule has 1 aromatic heterocycles. The number of fused-ring (bicyclic) bond motifs is 1. The monoisotopic (exact) mass is 266 g/mol. The molecule has 0 spiro atoms. The molecule has 1 aromatic carbocycles. The van der Waals surface area contributed by atoms with E-state index in [-0.39, 0.29) is 12.5 Å². The van der Waals surface area contributed by atoms with Crippen LogP contribution in [-0.2, 0) is 4.79 Å². The molecule has 0 aliphatic carbocycles. The first-order chi connectivity index (χ1) is 9.72. The lowest BCUT2D eigenvalue weighted by molar-refractivity contribution is -0.113. The molecule has 0 saturated carbocycles. The summed E-state index contributed by atoms with van der Waals surface area (Å²) < 4.78 is 5.56. The van der Waals surface area contributed by atoms with Gasteiger partial charge < -0.3 is 10.1 Å². The molecule has 0 radical (unpaired) electrons. The third-order valence-corrected chi connectivity index (χ3v) is 3.08. The van der Waals surface area contributed by atoms with Crippen molar-refractivity contribution in [3.63, 3.8) is 0 Å². The molecule has 0 fully saturated rings. The third kappa shape index (κ3) is 2.54. The van der Waals surface area contributed by atoms with Crippen molar-refractivity contribution in [3.8, 4) is 5.75 Å². The maximum atomic E-state index is 12.2. The van der Waals surface area contributed by atoms with Crippen molar-refractivity contribution in [2.24, 2.45) is 0 Å². The average Bonchev–Trinajstić information content (AvgIpc) is 2.49. The number of carbonyl (C=O) groups excluding carboxylic acids is 1. The Hall–Kier alpha value is -2.62. The van der Waals surface area contributed by atoms with Crippen LogP contribution < -0.4 is 10.1 Å². The summed E-state index contributed by atoms with van der Waals surface area (Å²) in [7, 11) is 0. The normalized spacial score (nSPS) is 12.9. The summed E-state index contributed by atoms with van der Waals surface area (Å²) >= 11 is 0. The molecule has 4 heteroatoms. The number of pyridine rings is 1. The number of para-hydroxylation sites is 1. The number of nitrogens with zero attached hydrogens (tertiary/aromatic N) is 1. The predicted molar refractivity (Wildman–Crippen MR) is 77.5 cm³/mol. The molecule has 0 atom stereocenters. The van der Waals surface area contributed by atoms with E-state index < -0.39 is 0 Å². The molecular weight excluding hydrogens is 252 g/mol. The van der Waals surface area contributed by atoms with Crippen LogP contribution in [0.3, 0.4) is 0 Å². The van der Waals surface area contributed by atoms with E-state index in [0.717, 1.165) is 16.9 Å². The fraction of sp³-hybridized carbons (Fsp3) is 0.125. The maximum absolute atomic E-state index is 12.2. The molecule has 1 N–H and O–H groups in total. The second-order valence-corrected chi connectivity index (χ2v) is 4.67. The number of rotatable bonds is 2. The Bertz CT molecular complexity index is 675. The van der Waals surface area contributed by atoms with Gasteiger partial charge in [0.05, 0.1) is 5.57 Å². The minimum absolute atomic E-state index is 0.184. The Morgan fingerprint density at radius 2 is 2.10 bits per heavy atom. The van der Waals surface area contributed by atoms with Crippen LogP contribution in [0.2, 0.25) is 0 Å². The zero-order chi connectivity index (χ0) is 13.9.